The van der Waals surface area contributed by atoms with Crippen molar-refractivity contribution in [2.45, 2.75) is 32.9 Å². The minimum Gasteiger partial charge on any atom is -0.478 e. The quantitative estimate of drug-likeness (QED) is 0.572. The number of rotatable bonds is 5. The molecule has 2 aromatic rings. The van der Waals surface area contributed by atoms with Crippen molar-refractivity contribution in [2.75, 3.05) is 0 Å². The van der Waals surface area contributed by atoms with Crippen LogP contribution in [0.15, 0.2) is 36.4 Å². The highest BCUT2D eigenvalue weighted by molar-refractivity contribution is 6.34. The van der Waals surface area contributed by atoms with E-state index in [9.17, 15) is 23.1 Å². The maximum Gasteiger partial charge on any atom is 0.392 e. The zero-order chi connectivity index (χ0) is 20.4. The van der Waals surface area contributed by atoms with Gasteiger partial charge in [-0.15, -0.1) is 0 Å². The fourth-order valence-electron chi connectivity index (χ4n) is 3.01. The molecule has 0 heterocycles. The monoisotopic (exact) mass is 416 g/mol. The van der Waals surface area contributed by atoms with Gasteiger partial charge in [-0.1, -0.05) is 42.3 Å². The molecular formula is C20H17Cl2F3O2. The molecule has 0 saturated carbocycles. The molecule has 2 aromatic carbocycles. The van der Waals surface area contributed by atoms with E-state index in [-0.39, 0.29) is 5.56 Å². The lowest BCUT2D eigenvalue weighted by Crippen LogP contribution is -2.08. The third-order valence-corrected chi connectivity index (χ3v) is 4.62. The average Bonchev–Trinajstić information content (AvgIpc) is 2.53. The molecule has 2 rings (SSSR count). The molecule has 144 valence electrons. The van der Waals surface area contributed by atoms with Crippen LogP contribution in [0.5, 0.6) is 0 Å². The Kier molecular flexibility index (Phi) is 6.60. The molecule has 0 aliphatic carbocycles. The van der Waals surface area contributed by atoms with Crippen LogP contribution in [0.4, 0.5) is 13.2 Å². The van der Waals surface area contributed by atoms with Crippen molar-refractivity contribution < 1.29 is 23.1 Å². The second kappa shape index (κ2) is 8.36. The van der Waals surface area contributed by atoms with Crippen LogP contribution in [0.2, 0.25) is 10.0 Å². The highest BCUT2D eigenvalue weighted by Gasteiger charge is 2.26. The average molecular weight is 417 g/mol. The fraction of sp³-hybridized carbons (Fsp3) is 0.250. The number of hydrogen-bond acceptors (Lipinski definition) is 1. The first-order valence-electron chi connectivity index (χ1n) is 8.13. The number of halogens is 5. The lowest BCUT2D eigenvalue weighted by Gasteiger charge is -2.18. The van der Waals surface area contributed by atoms with Crippen molar-refractivity contribution in [2.24, 2.45) is 0 Å². The Morgan fingerprint density at radius 2 is 1.67 bits per heavy atom. The van der Waals surface area contributed by atoms with Crippen LogP contribution in [0.1, 0.15) is 46.0 Å². The number of benzene rings is 2. The van der Waals surface area contributed by atoms with E-state index >= 15 is 0 Å². The molecule has 0 radical (unpaired) electrons. The van der Waals surface area contributed by atoms with Gasteiger partial charge < -0.3 is 5.11 Å². The maximum absolute atomic E-state index is 12.9. The van der Waals surface area contributed by atoms with Crippen molar-refractivity contribution in [1.29, 1.82) is 0 Å². The molecule has 1 N–H and O–H groups in total. The van der Waals surface area contributed by atoms with Gasteiger partial charge in [0.25, 0.3) is 0 Å². The summed E-state index contributed by atoms with van der Waals surface area (Å²) in [5.74, 6) is -1.08. The summed E-state index contributed by atoms with van der Waals surface area (Å²) >= 11 is 12.1. The predicted octanol–water partition coefficient (Wildman–Crippen LogP) is 6.95. The molecule has 0 bridgehead atoms. The van der Waals surface area contributed by atoms with Gasteiger partial charge >= 0.3 is 12.1 Å². The van der Waals surface area contributed by atoms with Crippen LogP contribution in [0.25, 0.3) is 5.57 Å². The van der Waals surface area contributed by atoms with Crippen LogP contribution >= 0.6 is 23.2 Å². The Labute approximate surface area is 165 Å². The summed E-state index contributed by atoms with van der Waals surface area (Å²) in [6.45, 7) is 3.47. The topological polar surface area (TPSA) is 37.3 Å². The Morgan fingerprint density at radius 1 is 1.11 bits per heavy atom. The Morgan fingerprint density at radius 3 is 2.15 bits per heavy atom. The van der Waals surface area contributed by atoms with E-state index in [0.29, 0.717) is 44.3 Å². The van der Waals surface area contributed by atoms with Gasteiger partial charge in [0.1, 0.15) is 0 Å². The number of carboxylic acid groups (broad SMARTS) is 1. The zero-order valence-corrected chi connectivity index (χ0v) is 16.1. The van der Waals surface area contributed by atoms with E-state index in [1.54, 1.807) is 6.92 Å². The molecule has 0 aliphatic heterocycles. The first-order valence-corrected chi connectivity index (χ1v) is 8.88. The van der Waals surface area contributed by atoms with Gasteiger partial charge in [-0.05, 0) is 65.4 Å². The second-order valence-corrected chi connectivity index (χ2v) is 6.89. The summed E-state index contributed by atoms with van der Waals surface area (Å²) in [7, 11) is 0. The van der Waals surface area contributed by atoms with E-state index in [1.807, 2.05) is 6.92 Å². The second-order valence-electron chi connectivity index (χ2n) is 6.02. The molecule has 0 unspecified atom stereocenters. The van der Waals surface area contributed by atoms with Crippen LogP contribution in [0.3, 0.4) is 0 Å². The molecule has 0 fully saturated rings. The van der Waals surface area contributed by atoms with E-state index in [1.165, 1.54) is 30.3 Å². The van der Waals surface area contributed by atoms with E-state index < -0.39 is 18.6 Å². The number of allylic oxidation sites excluding steroid dienone is 1. The fourth-order valence-corrected chi connectivity index (χ4v) is 3.53. The van der Waals surface area contributed by atoms with E-state index in [4.69, 9.17) is 23.2 Å². The maximum atomic E-state index is 12.9. The summed E-state index contributed by atoms with van der Waals surface area (Å²) in [4.78, 5) is 11.4. The highest BCUT2D eigenvalue weighted by atomic mass is 35.5. The molecule has 0 saturated heterocycles. The first kappa shape index (κ1) is 21.3. The summed E-state index contributed by atoms with van der Waals surface area (Å²) in [6.07, 6.45) is -3.97. The third kappa shape index (κ3) is 5.27. The molecule has 2 nitrogen and oxygen atoms in total. The molecule has 7 heteroatoms. The van der Waals surface area contributed by atoms with Crippen molar-refractivity contribution in [3.63, 3.8) is 0 Å². The van der Waals surface area contributed by atoms with Gasteiger partial charge in [0.05, 0.1) is 12.0 Å². The van der Waals surface area contributed by atoms with Gasteiger partial charge in [0.2, 0.25) is 0 Å². The van der Waals surface area contributed by atoms with Gasteiger partial charge in [-0.2, -0.15) is 13.2 Å². The van der Waals surface area contributed by atoms with E-state index in [2.05, 4.69) is 0 Å². The molecule has 0 spiro atoms. The van der Waals surface area contributed by atoms with Gasteiger partial charge in [0.15, 0.2) is 0 Å². The molecule has 0 amide bonds. The van der Waals surface area contributed by atoms with Gasteiger partial charge in [0, 0.05) is 10.0 Å². The van der Waals surface area contributed by atoms with Crippen LogP contribution < -0.4 is 0 Å². The largest absolute Gasteiger partial charge is 0.478 e. The summed E-state index contributed by atoms with van der Waals surface area (Å²) in [5.41, 5.74) is 2.59. The number of hydrogen-bond donors (Lipinski definition) is 1. The van der Waals surface area contributed by atoms with Crippen LogP contribution in [-0.4, -0.2) is 17.3 Å². The normalized spacial score (nSPS) is 12.3. The minimum absolute atomic E-state index is 0.120. The van der Waals surface area contributed by atoms with Crippen molar-refractivity contribution in [1.82, 2.24) is 0 Å². The van der Waals surface area contributed by atoms with Gasteiger partial charge in [-0.25, -0.2) is 4.79 Å². The van der Waals surface area contributed by atoms with Crippen LogP contribution in [-0.2, 0) is 6.42 Å². The number of aromatic carboxylic acids is 1. The number of alkyl halides is 3. The Hall–Kier alpha value is -1.98. The zero-order valence-electron chi connectivity index (χ0n) is 14.6. The molecule has 0 aliphatic rings. The van der Waals surface area contributed by atoms with Crippen LogP contribution in [0, 0.1) is 6.92 Å². The number of carbonyl (C=O) groups is 1. The Bertz CT molecular complexity index is 883. The molecule has 27 heavy (non-hydrogen) atoms. The minimum atomic E-state index is -4.38. The predicted molar refractivity (Wildman–Crippen MR) is 102 cm³/mol. The lowest BCUT2D eigenvalue weighted by atomic mass is 9.87. The summed E-state index contributed by atoms with van der Waals surface area (Å²) in [6, 6.07) is 7.50. The van der Waals surface area contributed by atoms with Crippen molar-refractivity contribution >= 4 is 34.7 Å². The first-order chi connectivity index (χ1) is 12.5. The Balaban J connectivity index is 2.74. The van der Waals surface area contributed by atoms with Gasteiger partial charge in [-0.3, -0.25) is 0 Å². The molecular weight excluding hydrogens is 400 g/mol. The highest BCUT2D eigenvalue weighted by Crippen LogP contribution is 2.35. The van der Waals surface area contributed by atoms with Crippen molar-refractivity contribution in [3.8, 4) is 0 Å². The third-order valence-electron chi connectivity index (χ3n) is 4.18. The lowest BCUT2D eigenvalue weighted by molar-refractivity contribution is -0.124. The molecule has 0 atom stereocenters. The SMILES string of the molecule is CCc1c(/C(=C/CC(F)(F)F)c2cc(Cl)cc(Cl)c2)ccc(C(=O)O)c1C. The number of carboxylic acids is 1. The standard InChI is InChI=1S/C20H17Cl2F3O2/c1-3-15-11(2)16(19(26)27)4-5-18(15)17(6-7-20(23,24)25)12-8-13(21)10-14(22)9-12/h4-6,8-10H,3,7H2,1-2H3,(H,26,27)/b17-6+. The van der Waals surface area contributed by atoms with E-state index in [0.717, 1.165) is 6.08 Å². The summed E-state index contributed by atoms with van der Waals surface area (Å²) in [5, 5.41) is 9.91. The van der Waals surface area contributed by atoms with Crippen molar-refractivity contribution in [3.05, 3.63) is 74.3 Å². The smallest absolute Gasteiger partial charge is 0.392 e. The summed E-state index contributed by atoms with van der Waals surface area (Å²) < 4.78 is 38.6. The molecule has 0 aromatic heterocycles.